The minimum atomic E-state index is -0.998. The van der Waals surface area contributed by atoms with Gasteiger partial charge in [-0.05, 0) is 6.07 Å². The van der Waals surface area contributed by atoms with Crippen LogP contribution >= 0.6 is 23.2 Å². The van der Waals surface area contributed by atoms with E-state index in [-0.39, 0.29) is 18.3 Å². The number of nitrogens with zero attached hydrogens (tertiary/aromatic N) is 3. The van der Waals surface area contributed by atoms with E-state index in [0.29, 0.717) is 15.7 Å². The van der Waals surface area contributed by atoms with Crippen LogP contribution in [0.4, 0.5) is 0 Å². The molecule has 8 heteroatoms. The second kappa shape index (κ2) is 4.97. The van der Waals surface area contributed by atoms with Crippen molar-refractivity contribution in [1.82, 2.24) is 15.1 Å². The summed E-state index contributed by atoms with van der Waals surface area (Å²) < 4.78 is 4.83. The predicted molar refractivity (Wildman–Crippen MR) is 61.6 cm³/mol. The molecule has 1 atom stereocenters. The Morgan fingerprint density at radius 1 is 1.47 bits per heavy atom. The number of pyridine rings is 1. The molecule has 0 aliphatic rings. The van der Waals surface area contributed by atoms with Crippen molar-refractivity contribution >= 4 is 23.2 Å². The molecule has 0 fully saturated rings. The molecule has 0 aliphatic carbocycles. The third-order valence-electron chi connectivity index (χ3n) is 1.97. The first-order valence-corrected chi connectivity index (χ1v) is 5.40. The van der Waals surface area contributed by atoms with Crippen molar-refractivity contribution in [3.8, 4) is 11.5 Å². The van der Waals surface area contributed by atoms with E-state index in [1.807, 2.05) is 0 Å². The minimum absolute atomic E-state index is 0.0105. The predicted octanol–water partition coefficient (Wildman–Crippen LogP) is 1.43. The number of aliphatic hydroxyl groups excluding tert-OH is 1. The zero-order valence-electron chi connectivity index (χ0n) is 8.47. The Labute approximate surface area is 106 Å². The molecule has 0 saturated carbocycles. The monoisotopic (exact) mass is 274 g/mol. The van der Waals surface area contributed by atoms with Crippen molar-refractivity contribution in [2.45, 2.75) is 6.10 Å². The molecule has 0 radical (unpaired) electrons. The highest BCUT2D eigenvalue weighted by Crippen LogP contribution is 2.26. The molecule has 17 heavy (non-hydrogen) atoms. The van der Waals surface area contributed by atoms with Gasteiger partial charge in [0.1, 0.15) is 11.8 Å². The standard InChI is InChI=1S/C9H8Cl2N4O2/c10-4-1-5(11)7(13-3-4)8-14-9(17-15-8)6(16)2-12/h1,3,6,16H,2,12H2. The van der Waals surface area contributed by atoms with Crippen LogP contribution in [0.3, 0.4) is 0 Å². The van der Waals surface area contributed by atoms with Gasteiger partial charge in [-0.3, -0.25) is 0 Å². The number of hydrogen-bond donors (Lipinski definition) is 2. The first-order chi connectivity index (χ1) is 8.11. The summed E-state index contributed by atoms with van der Waals surface area (Å²) >= 11 is 11.6. The Kier molecular flexibility index (Phi) is 3.58. The summed E-state index contributed by atoms with van der Waals surface area (Å²) in [7, 11) is 0. The Morgan fingerprint density at radius 2 is 2.24 bits per heavy atom. The fourth-order valence-electron chi connectivity index (χ4n) is 1.15. The molecule has 3 N–H and O–H groups in total. The van der Waals surface area contributed by atoms with Crippen LogP contribution in [-0.4, -0.2) is 26.8 Å². The molecule has 6 nitrogen and oxygen atoms in total. The highest BCUT2D eigenvalue weighted by atomic mass is 35.5. The molecule has 2 rings (SSSR count). The lowest BCUT2D eigenvalue weighted by molar-refractivity contribution is 0.141. The first kappa shape index (κ1) is 12.3. The maximum absolute atomic E-state index is 9.41. The van der Waals surface area contributed by atoms with E-state index in [1.165, 1.54) is 12.3 Å². The van der Waals surface area contributed by atoms with E-state index in [9.17, 15) is 5.11 Å². The summed E-state index contributed by atoms with van der Waals surface area (Å²) in [6.07, 6.45) is 0.417. The molecule has 2 aromatic rings. The summed E-state index contributed by atoms with van der Waals surface area (Å²) in [4.78, 5) is 7.93. The fourth-order valence-corrected chi connectivity index (χ4v) is 1.61. The van der Waals surface area contributed by atoms with Gasteiger partial charge in [0.2, 0.25) is 5.82 Å². The molecule has 0 amide bonds. The van der Waals surface area contributed by atoms with Crippen molar-refractivity contribution in [3.05, 3.63) is 28.2 Å². The maximum Gasteiger partial charge on any atom is 0.257 e. The van der Waals surface area contributed by atoms with E-state index in [2.05, 4.69) is 15.1 Å². The average molecular weight is 275 g/mol. The topological polar surface area (TPSA) is 98.1 Å². The van der Waals surface area contributed by atoms with Gasteiger partial charge in [0.25, 0.3) is 5.89 Å². The molecule has 2 aromatic heterocycles. The molecule has 90 valence electrons. The largest absolute Gasteiger partial charge is 0.382 e. The zero-order valence-corrected chi connectivity index (χ0v) is 9.98. The van der Waals surface area contributed by atoms with E-state index >= 15 is 0 Å². The van der Waals surface area contributed by atoms with E-state index < -0.39 is 6.10 Å². The maximum atomic E-state index is 9.41. The molecule has 0 spiro atoms. The second-order valence-corrected chi connectivity index (χ2v) is 4.04. The first-order valence-electron chi connectivity index (χ1n) is 4.65. The number of rotatable bonds is 3. The van der Waals surface area contributed by atoms with Crippen LogP contribution in [0.5, 0.6) is 0 Å². The van der Waals surface area contributed by atoms with Crippen LogP contribution in [0.25, 0.3) is 11.5 Å². The molecule has 0 bridgehead atoms. The smallest absolute Gasteiger partial charge is 0.257 e. The van der Waals surface area contributed by atoms with Gasteiger partial charge in [-0.1, -0.05) is 28.4 Å². The molecule has 0 saturated heterocycles. The summed E-state index contributed by atoms with van der Waals surface area (Å²) in [5.74, 6) is 0.199. The molecule has 1 unspecified atom stereocenters. The number of halogens is 2. The average Bonchev–Trinajstić information content (AvgIpc) is 2.77. The molecule has 0 aromatic carbocycles. The Bertz CT molecular complexity index is 531. The minimum Gasteiger partial charge on any atom is -0.382 e. The van der Waals surface area contributed by atoms with E-state index in [1.54, 1.807) is 0 Å². The molecular formula is C9H8Cl2N4O2. The fraction of sp³-hybridized carbons (Fsp3) is 0.222. The quantitative estimate of drug-likeness (QED) is 0.879. The molecular weight excluding hydrogens is 267 g/mol. The second-order valence-electron chi connectivity index (χ2n) is 3.19. The van der Waals surface area contributed by atoms with Crippen LogP contribution in [0.2, 0.25) is 10.0 Å². The van der Waals surface area contributed by atoms with Crippen molar-refractivity contribution in [1.29, 1.82) is 0 Å². The molecule has 0 aliphatic heterocycles. The number of hydrogen-bond acceptors (Lipinski definition) is 6. The highest BCUT2D eigenvalue weighted by Gasteiger charge is 2.17. The zero-order chi connectivity index (χ0) is 12.4. The van der Waals surface area contributed by atoms with Crippen molar-refractivity contribution in [2.24, 2.45) is 5.73 Å². The number of aromatic nitrogens is 3. The van der Waals surface area contributed by atoms with Gasteiger partial charge < -0.3 is 15.4 Å². The van der Waals surface area contributed by atoms with Crippen LogP contribution in [-0.2, 0) is 0 Å². The lowest BCUT2D eigenvalue weighted by atomic mass is 10.3. The van der Waals surface area contributed by atoms with Crippen molar-refractivity contribution in [2.75, 3.05) is 6.54 Å². The third-order valence-corrected chi connectivity index (χ3v) is 2.46. The normalized spacial score (nSPS) is 12.7. The summed E-state index contributed by atoms with van der Waals surface area (Å²) in [6.45, 7) is -0.0105. The summed E-state index contributed by atoms with van der Waals surface area (Å²) in [5, 5.41) is 13.8. The van der Waals surface area contributed by atoms with Gasteiger partial charge in [0, 0.05) is 12.7 Å². The van der Waals surface area contributed by atoms with Crippen molar-refractivity contribution in [3.63, 3.8) is 0 Å². The van der Waals surface area contributed by atoms with Crippen LogP contribution in [0.15, 0.2) is 16.8 Å². The van der Waals surface area contributed by atoms with E-state index in [0.717, 1.165) is 0 Å². The van der Waals surface area contributed by atoms with Gasteiger partial charge >= 0.3 is 0 Å². The SMILES string of the molecule is NCC(O)c1nc(-c2ncc(Cl)cc2Cl)no1. The Balaban J connectivity index is 2.37. The van der Waals surface area contributed by atoms with Crippen LogP contribution in [0, 0.1) is 0 Å². The highest BCUT2D eigenvalue weighted by molar-refractivity contribution is 6.35. The third kappa shape index (κ3) is 2.55. The lowest BCUT2D eigenvalue weighted by Crippen LogP contribution is -2.11. The lowest BCUT2D eigenvalue weighted by Gasteiger charge is -1.99. The number of nitrogens with two attached hydrogens (primary N) is 1. The Hall–Kier alpha value is -1.21. The van der Waals surface area contributed by atoms with Gasteiger partial charge in [-0.15, -0.1) is 0 Å². The molecule has 2 heterocycles. The Morgan fingerprint density at radius 3 is 2.88 bits per heavy atom. The van der Waals surface area contributed by atoms with Crippen molar-refractivity contribution < 1.29 is 9.63 Å². The van der Waals surface area contributed by atoms with Gasteiger partial charge in [0.15, 0.2) is 0 Å². The number of aliphatic hydroxyl groups is 1. The van der Waals surface area contributed by atoms with Crippen LogP contribution < -0.4 is 5.73 Å². The van der Waals surface area contributed by atoms with E-state index in [4.69, 9.17) is 33.5 Å². The van der Waals surface area contributed by atoms with Crippen LogP contribution in [0.1, 0.15) is 12.0 Å². The van der Waals surface area contributed by atoms with Gasteiger partial charge in [0.05, 0.1) is 10.0 Å². The summed E-state index contributed by atoms with van der Waals surface area (Å²) in [5.41, 5.74) is 5.59. The summed E-state index contributed by atoms with van der Waals surface area (Å²) in [6, 6.07) is 1.51. The van der Waals surface area contributed by atoms with Gasteiger partial charge in [-0.25, -0.2) is 4.98 Å². The van der Waals surface area contributed by atoms with Gasteiger partial charge in [-0.2, -0.15) is 4.98 Å².